The van der Waals surface area contributed by atoms with Gasteiger partial charge in [-0.3, -0.25) is 0 Å². The van der Waals surface area contributed by atoms with Gasteiger partial charge in [0.05, 0.1) is 0 Å². The molecule has 28 heavy (non-hydrogen) atoms. The van der Waals surface area contributed by atoms with Crippen molar-refractivity contribution in [3.8, 4) is 11.1 Å². The Morgan fingerprint density at radius 2 is 0.964 bits per heavy atom. The highest BCUT2D eigenvalue weighted by molar-refractivity contribution is 5.79. The lowest BCUT2D eigenvalue weighted by Crippen LogP contribution is -2.43. The number of hydrogen-bond acceptors (Lipinski definition) is 0. The molecule has 0 saturated carbocycles. The fourth-order valence-corrected chi connectivity index (χ4v) is 4.93. The van der Waals surface area contributed by atoms with Crippen molar-refractivity contribution in [3.63, 3.8) is 0 Å². The highest BCUT2D eigenvalue weighted by Crippen LogP contribution is 2.54. The first-order chi connectivity index (χ1) is 13.1. The molecule has 3 rings (SSSR count). The predicted octanol–water partition coefficient (Wildman–Crippen LogP) is 8.22. The van der Waals surface area contributed by atoms with Crippen LogP contribution in [0.1, 0.15) is 101 Å². The third-order valence-electron chi connectivity index (χ3n) is 7.75. The molecule has 0 radical (unpaired) electrons. The van der Waals surface area contributed by atoms with E-state index in [1.807, 2.05) is 0 Å². The van der Waals surface area contributed by atoms with Gasteiger partial charge in [0.2, 0.25) is 0 Å². The van der Waals surface area contributed by atoms with Crippen LogP contribution in [0.3, 0.4) is 0 Å². The summed E-state index contributed by atoms with van der Waals surface area (Å²) >= 11 is 0. The van der Waals surface area contributed by atoms with Gasteiger partial charge in [-0.05, 0) is 94.9 Å². The molecule has 0 saturated heterocycles. The van der Waals surface area contributed by atoms with Crippen molar-refractivity contribution in [2.75, 3.05) is 0 Å². The van der Waals surface area contributed by atoms with Crippen molar-refractivity contribution in [1.29, 1.82) is 0 Å². The van der Waals surface area contributed by atoms with Crippen LogP contribution in [0, 0.1) is 13.8 Å². The molecular formula is C28H40. The second-order valence-electron chi connectivity index (χ2n) is 10.1. The number of fused-ring (bicyclic) bond motifs is 3. The molecule has 0 N–H and O–H groups in total. The van der Waals surface area contributed by atoms with Crippen molar-refractivity contribution >= 4 is 0 Å². The molecule has 0 amide bonds. The van der Waals surface area contributed by atoms with Crippen LogP contribution in [-0.2, 0) is 23.7 Å². The van der Waals surface area contributed by atoms with Gasteiger partial charge in [-0.25, -0.2) is 0 Å². The predicted molar refractivity (Wildman–Crippen MR) is 125 cm³/mol. The van der Waals surface area contributed by atoms with Gasteiger partial charge >= 0.3 is 0 Å². The number of unbranched alkanes of at least 4 members (excludes halogenated alkanes) is 2. The molecule has 1 aliphatic carbocycles. The molecule has 0 unspecified atom stereocenters. The zero-order valence-corrected chi connectivity index (χ0v) is 19.6. The zero-order chi connectivity index (χ0) is 20.7. The Morgan fingerprint density at radius 1 is 0.607 bits per heavy atom. The Bertz CT molecular complexity index is 791. The minimum absolute atomic E-state index is 0.112. The van der Waals surface area contributed by atoms with Crippen molar-refractivity contribution in [3.05, 3.63) is 57.6 Å². The average Bonchev–Trinajstić information content (AvgIpc) is 2.64. The summed E-state index contributed by atoms with van der Waals surface area (Å²) in [7, 11) is 0. The highest BCUT2D eigenvalue weighted by atomic mass is 14.5. The van der Waals surface area contributed by atoms with Crippen molar-refractivity contribution in [1.82, 2.24) is 0 Å². The van der Waals surface area contributed by atoms with Gasteiger partial charge in [-0.2, -0.15) is 0 Å². The van der Waals surface area contributed by atoms with Crippen molar-refractivity contribution < 1.29 is 0 Å². The van der Waals surface area contributed by atoms with Crippen LogP contribution in [0.5, 0.6) is 0 Å². The van der Waals surface area contributed by atoms with E-state index in [1.165, 1.54) is 83.0 Å². The monoisotopic (exact) mass is 376 g/mol. The first-order valence-electron chi connectivity index (χ1n) is 11.4. The smallest absolute Gasteiger partial charge is 0.000558 e. The van der Waals surface area contributed by atoms with Crippen molar-refractivity contribution in [2.24, 2.45) is 0 Å². The number of rotatable bonds is 6. The van der Waals surface area contributed by atoms with Crippen LogP contribution in [0.2, 0.25) is 0 Å². The van der Waals surface area contributed by atoms with Gasteiger partial charge in [-0.1, -0.05) is 78.6 Å². The van der Waals surface area contributed by atoms with E-state index in [0.717, 1.165) is 0 Å². The fourth-order valence-electron chi connectivity index (χ4n) is 4.93. The molecule has 2 aromatic carbocycles. The summed E-state index contributed by atoms with van der Waals surface area (Å²) in [4.78, 5) is 0. The first kappa shape index (κ1) is 21.2. The summed E-state index contributed by atoms with van der Waals surface area (Å²) < 4.78 is 0. The number of aryl methyl sites for hydroxylation is 4. The molecule has 0 heteroatoms. The Morgan fingerprint density at radius 3 is 1.29 bits per heavy atom. The van der Waals surface area contributed by atoms with Crippen LogP contribution >= 0.6 is 0 Å². The van der Waals surface area contributed by atoms with Crippen LogP contribution < -0.4 is 0 Å². The minimum atomic E-state index is 0.112. The number of benzene rings is 2. The molecule has 152 valence electrons. The Labute approximate surface area is 173 Å². The summed E-state index contributed by atoms with van der Waals surface area (Å²) in [5.41, 5.74) is 12.3. The van der Waals surface area contributed by atoms with Crippen LogP contribution in [0.25, 0.3) is 11.1 Å². The van der Waals surface area contributed by atoms with Crippen LogP contribution in [0.15, 0.2) is 24.3 Å². The summed E-state index contributed by atoms with van der Waals surface area (Å²) in [6, 6.07) is 10.1. The maximum Gasteiger partial charge on any atom is -0.000558 e. The fraction of sp³-hybridized carbons (Fsp3) is 0.571. The molecule has 0 atom stereocenters. The molecule has 0 aromatic heterocycles. The van der Waals surface area contributed by atoms with Gasteiger partial charge in [-0.15, -0.1) is 0 Å². The lowest BCUT2D eigenvalue weighted by atomic mass is 9.55. The summed E-state index contributed by atoms with van der Waals surface area (Å²) in [5, 5.41) is 0. The summed E-state index contributed by atoms with van der Waals surface area (Å²) in [5.74, 6) is 0. The van der Waals surface area contributed by atoms with Gasteiger partial charge in [0.25, 0.3) is 0 Å². The molecule has 0 fully saturated rings. The van der Waals surface area contributed by atoms with Gasteiger partial charge in [0.15, 0.2) is 0 Å². The average molecular weight is 377 g/mol. The Balaban J connectivity index is 2.27. The second kappa shape index (κ2) is 7.69. The topological polar surface area (TPSA) is 0 Å². The molecule has 0 nitrogen and oxygen atoms in total. The normalized spacial score (nSPS) is 16.6. The van der Waals surface area contributed by atoms with Crippen LogP contribution in [-0.4, -0.2) is 0 Å². The van der Waals surface area contributed by atoms with E-state index in [1.54, 1.807) is 0 Å². The SMILES string of the molecule is CCCCc1cc2c(cc1C)C(C)(C)C(C)(C)c1cc(C)c(CCCC)cc1-2. The maximum atomic E-state index is 2.54. The highest BCUT2D eigenvalue weighted by Gasteiger charge is 2.46. The zero-order valence-electron chi connectivity index (χ0n) is 19.6. The third-order valence-corrected chi connectivity index (χ3v) is 7.75. The largest absolute Gasteiger partial charge is 0.0654 e. The van der Waals surface area contributed by atoms with E-state index in [-0.39, 0.29) is 10.8 Å². The van der Waals surface area contributed by atoms with E-state index in [4.69, 9.17) is 0 Å². The summed E-state index contributed by atoms with van der Waals surface area (Å²) in [6.45, 7) is 19.0. The lowest BCUT2D eigenvalue weighted by Gasteiger charge is -2.49. The molecule has 2 aromatic rings. The first-order valence-corrected chi connectivity index (χ1v) is 11.4. The van der Waals surface area contributed by atoms with E-state index in [9.17, 15) is 0 Å². The number of hydrogen-bond donors (Lipinski definition) is 0. The Kier molecular flexibility index (Phi) is 5.81. The van der Waals surface area contributed by atoms with E-state index in [0.29, 0.717) is 0 Å². The van der Waals surface area contributed by atoms with E-state index < -0.39 is 0 Å². The van der Waals surface area contributed by atoms with Crippen LogP contribution in [0.4, 0.5) is 0 Å². The van der Waals surface area contributed by atoms with E-state index >= 15 is 0 Å². The lowest BCUT2D eigenvalue weighted by molar-refractivity contribution is 0.298. The molecule has 1 aliphatic rings. The summed E-state index contributed by atoms with van der Waals surface area (Å²) in [6.07, 6.45) is 7.46. The van der Waals surface area contributed by atoms with E-state index in [2.05, 4.69) is 79.7 Å². The minimum Gasteiger partial charge on any atom is -0.0654 e. The standard InChI is InChI=1S/C28H40/c1-9-11-13-21-17-23-24-18-22(14-12-10-2)20(4)16-26(24)28(7,8)27(5,6)25(23)15-19(21)3/h15-18H,9-14H2,1-8H3. The second-order valence-corrected chi connectivity index (χ2v) is 10.1. The van der Waals surface area contributed by atoms with Crippen molar-refractivity contribution in [2.45, 2.75) is 105 Å². The Hall–Kier alpha value is -1.56. The molecule has 0 spiro atoms. The molecule has 0 aliphatic heterocycles. The molecular weight excluding hydrogens is 336 g/mol. The molecule has 0 bridgehead atoms. The maximum absolute atomic E-state index is 2.54. The van der Waals surface area contributed by atoms with Gasteiger partial charge in [0.1, 0.15) is 0 Å². The molecule has 0 heterocycles. The van der Waals surface area contributed by atoms with Gasteiger partial charge < -0.3 is 0 Å². The quantitative estimate of drug-likeness (QED) is 0.476. The van der Waals surface area contributed by atoms with Gasteiger partial charge in [0, 0.05) is 0 Å². The third kappa shape index (κ3) is 3.34.